The van der Waals surface area contributed by atoms with Crippen molar-refractivity contribution in [2.75, 3.05) is 19.0 Å². The van der Waals surface area contributed by atoms with Crippen LogP contribution in [0.15, 0.2) is 53.5 Å². The number of pyridine rings is 1. The van der Waals surface area contributed by atoms with Crippen LogP contribution in [-0.4, -0.2) is 34.3 Å². The molecule has 0 atom stereocenters. The number of H-pyrrole nitrogens is 1. The Labute approximate surface area is 127 Å². The van der Waals surface area contributed by atoms with Crippen molar-refractivity contribution in [1.82, 2.24) is 20.2 Å². The van der Waals surface area contributed by atoms with E-state index in [1.54, 1.807) is 18.3 Å². The van der Waals surface area contributed by atoms with Crippen LogP contribution in [-0.2, 0) is 0 Å². The van der Waals surface area contributed by atoms with Crippen LogP contribution in [0.2, 0.25) is 0 Å². The van der Waals surface area contributed by atoms with Gasteiger partial charge in [0.25, 0.3) is 5.56 Å². The van der Waals surface area contributed by atoms with Crippen LogP contribution in [0.1, 0.15) is 0 Å². The molecule has 6 heteroatoms. The SMILES string of the molecule is CN(C)c1ccc(-c2nnc(-c3ccccn3)[nH]c2=O)cc1. The lowest BCUT2D eigenvalue weighted by molar-refractivity contribution is 0.954. The molecule has 0 bridgehead atoms. The Morgan fingerprint density at radius 2 is 1.77 bits per heavy atom. The van der Waals surface area contributed by atoms with Gasteiger partial charge in [0.15, 0.2) is 11.5 Å². The molecule has 0 radical (unpaired) electrons. The molecular formula is C16H15N5O. The van der Waals surface area contributed by atoms with Crippen molar-refractivity contribution in [3.63, 3.8) is 0 Å². The maximum absolute atomic E-state index is 12.2. The van der Waals surface area contributed by atoms with Gasteiger partial charge in [-0.2, -0.15) is 0 Å². The van der Waals surface area contributed by atoms with Crippen molar-refractivity contribution in [3.8, 4) is 22.8 Å². The minimum absolute atomic E-state index is 0.284. The smallest absolute Gasteiger partial charge is 0.278 e. The third kappa shape index (κ3) is 2.71. The molecule has 0 amide bonds. The van der Waals surface area contributed by atoms with E-state index in [-0.39, 0.29) is 5.56 Å². The van der Waals surface area contributed by atoms with Crippen molar-refractivity contribution >= 4 is 5.69 Å². The normalized spacial score (nSPS) is 10.5. The van der Waals surface area contributed by atoms with Crippen LogP contribution in [0.5, 0.6) is 0 Å². The van der Waals surface area contributed by atoms with E-state index in [2.05, 4.69) is 20.2 Å². The third-order valence-electron chi connectivity index (χ3n) is 3.26. The highest BCUT2D eigenvalue weighted by Crippen LogP contribution is 2.18. The topological polar surface area (TPSA) is 74.8 Å². The Kier molecular flexibility index (Phi) is 3.65. The van der Waals surface area contributed by atoms with Gasteiger partial charge in [-0.15, -0.1) is 10.2 Å². The zero-order valence-corrected chi connectivity index (χ0v) is 12.3. The molecule has 0 aliphatic carbocycles. The van der Waals surface area contributed by atoms with Gasteiger partial charge in [0, 0.05) is 31.5 Å². The van der Waals surface area contributed by atoms with Gasteiger partial charge in [-0.1, -0.05) is 18.2 Å². The lowest BCUT2D eigenvalue weighted by atomic mass is 10.1. The van der Waals surface area contributed by atoms with E-state index in [9.17, 15) is 4.79 Å². The molecule has 0 fully saturated rings. The second kappa shape index (κ2) is 5.77. The number of aromatic amines is 1. The summed E-state index contributed by atoms with van der Waals surface area (Å²) in [5.74, 6) is 0.360. The van der Waals surface area contributed by atoms with Gasteiger partial charge in [-0.3, -0.25) is 9.78 Å². The molecule has 0 aliphatic heterocycles. The summed E-state index contributed by atoms with van der Waals surface area (Å²) in [4.78, 5) is 21.1. The van der Waals surface area contributed by atoms with E-state index in [1.165, 1.54) is 0 Å². The summed E-state index contributed by atoms with van der Waals surface area (Å²) in [6, 6.07) is 13.0. The van der Waals surface area contributed by atoms with Gasteiger partial charge < -0.3 is 9.88 Å². The number of hydrogen-bond acceptors (Lipinski definition) is 5. The number of rotatable bonds is 3. The average Bonchev–Trinajstić information content (AvgIpc) is 2.56. The number of nitrogens with zero attached hydrogens (tertiary/aromatic N) is 4. The van der Waals surface area contributed by atoms with E-state index in [0.29, 0.717) is 17.2 Å². The van der Waals surface area contributed by atoms with Crippen molar-refractivity contribution in [3.05, 3.63) is 59.0 Å². The molecule has 2 heterocycles. The summed E-state index contributed by atoms with van der Waals surface area (Å²) < 4.78 is 0. The molecule has 3 rings (SSSR count). The fourth-order valence-electron chi connectivity index (χ4n) is 2.06. The van der Waals surface area contributed by atoms with Gasteiger partial charge in [0.1, 0.15) is 5.69 Å². The summed E-state index contributed by atoms with van der Waals surface area (Å²) in [7, 11) is 3.92. The average molecular weight is 293 g/mol. The number of anilines is 1. The highest BCUT2D eigenvalue weighted by Gasteiger charge is 2.09. The Hall–Kier alpha value is -3.02. The minimum atomic E-state index is -0.284. The van der Waals surface area contributed by atoms with Gasteiger partial charge in [-0.05, 0) is 24.3 Å². The molecular weight excluding hydrogens is 278 g/mol. The largest absolute Gasteiger partial charge is 0.378 e. The maximum atomic E-state index is 12.2. The molecule has 22 heavy (non-hydrogen) atoms. The first-order valence-corrected chi connectivity index (χ1v) is 6.81. The van der Waals surface area contributed by atoms with Crippen LogP contribution in [0.3, 0.4) is 0 Å². The molecule has 0 saturated carbocycles. The number of aromatic nitrogens is 4. The highest BCUT2D eigenvalue weighted by molar-refractivity contribution is 5.62. The summed E-state index contributed by atoms with van der Waals surface area (Å²) >= 11 is 0. The minimum Gasteiger partial charge on any atom is -0.378 e. The molecule has 6 nitrogen and oxygen atoms in total. The monoisotopic (exact) mass is 293 g/mol. The van der Waals surface area contributed by atoms with Gasteiger partial charge in [0.2, 0.25) is 0 Å². The van der Waals surface area contributed by atoms with Crippen LogP contribution in [0.4, 0.5) is 5.69 Å². The molecule has 1 aromatic carbocycles. The quantitative estimate of drug-likeness (QED) is 0.799. The second-order valence-corrected chi connectivity index (χ2v) is 5.01. The zero-order valence-electron chi connectivity index (χ0n) is 12.3. The fraction of sp³-hybridized carbons (Fsp3) is 0.125. The zero-order chi connectivity index (χ0) is 15.5. The Morgan fingerprint density at radius 3 is 2.36 bits per heavy atom. The molecule has 0 unspecified atom stereocenters. The summed E-state index contributed by atoms with van der Waals surface area (Å²) in [5.41, 5.74) is 2.38. The van der Waals surface area contributed by atoms with Crippen LogP contribution in [0, 0.1) is 0 Å². The molecule has 110 valence electrons. The molecule has 0 aliphatic rings. The molecule has 1 N–H and O–H groups in total. The predicted octanol–water partition coefficient (Wildman–Crippen LogP) is 1.96. The van der Waals surface area contributed by atoms with Crippen molar-refractivity contribution in [1.29, 1.82) is 0 Å². The van der Waals surface area contributed by atoms with E-state index in [4.69, 9.17) is 0 Å². The van der Waals surface area contributed by atoms with E-state index in [1.807, 2.05) is 49.3 Å². The predicted molar refractivity (Wildman–Crippen MR) is 85.6 cm³/mol. The van der Waals surface area contributed by atoms with E-state index in [0.717, 1.165) is 11.3 Å². The second-order valence-electron chi connectivity index (χ2n) is 5.01. The fourth-order valence-corrected chi connectivity index (χ4v) is 2.06. The summed E-state index contributed by atoms with van der Waals surface area (Å²) in [6.07, 6.45) is 1.64. The third-order valence-corrected chi connectivity index (χ3v) is 3.26. The van der Waals surface area contributed by atoms with Crippen LogP contribution in [0.25, 0.3) is 22.8 Å². The first-order valence-electron chi connectivity index (χ1n) is 6.81. The highest BCUT2D eigenvalue weighted by atomic mass is 16.1. The van der Waals surface area contributed by atoms with Crippen molar-refractivity contribution in [2.45, 2.75) is 0 Å². The van der Waals surface area contributed by atoms with E-state index >= 15 is 0 Å². The first-order chi connectivity index (χ1) is 10.6. The van der Waals surface area contributed by atoms with Gasteiger partial charge in [0.05, 0.1) is 0 Å². The summed E-state index contributed by atoms with van der Waals surface area (Å²) in [6.45, 7) is 0. The first kappa shape index (κ1) is 13.9. The van der Waals surface area contributed by atoms with Gasteiger partial charge >= 0.3 is 0 Å². The standard InChI is InChI=1S/C16H15N5O/c1-21(2)12-8-6-11(7-9-12)14-16(22)18-15(20-19-14)13-5-3-4-10-17-13/h3-10H,1-2H3,(H,18,20,22). The molecule has 2 aromatic heterocycles. The maximum Gasteiger partial charge on any atom is 0.278 e. The van der Waals surface area contributed by atoms with Gasteiger partial charge in [-0.25, -0.2) is 0 Å². The van der Waals surface area contributed by atoms with E-state index < -0.39 is 0 Å². The Balaban J connectivity index is 1.97. The van der Waals surface area contributed by atoms with Crippen LogP contribution >= 0.6 is 0 Å². The Morgan fingerprint density at radius 1 is 1.00 bits per heavy atom. The molecule has 0 saturated heterocycles. The lowest BCUT2D eigenvalue weighted by Gasteiger charge is -2.12. The molecule has 3 aromatic rings. The lowest BCUT2D eigenvalue weighted by Crippen LogP contribution is -2.15. The molecule has 0 spiro atoms. The number of nitrogens with one attached hydrogen (secondary N) is 1. The summed E-state index contributed by atoms with van der Waals surface area (Å²) in [5, 5.41) is 8.12. The van der Waals surface area contributed by atoms with Crippen LogP contribution < -0.4 is 10.5 Å². The number of benzene rings is 1. The Bertz CT molecular complexity index is 825. The number of hydrogen-bond donors (Lipinski definition) is 1. The van der Waals surface area contributed by atoms with Crippen molar-refractivity contribution < 1.29 is 0 Å². The van der Waals surface area contributed by atoms with Crippen molar-refractivity contribution in [2.24, 2.45) is 0 Å².